The third kappa shape index (κ3) is 1.46. The molecular formula is C8H16ClNO2. The van der Waals surface area contributed by atoms with Crippen molar-refractivity contribution in [2.45, 2.75) is 43.6 Å². The molecule has 12 heavy (non-hydrogen) atoms. The van der Waals surface area contributed by atoms with Crippen molar-refractivity contribution >= 4 is 12.4 Å². The van der Waals surface area contributed by atoms with E-state index in [1.807, 2.05) is 7.05 Å². The zero-order chi connectivity index (χ0) is 8.01. The van der Waals surface area contributed by atoms with Crippen molar-refractivity contribution in [3.05, 3.63) is 0 Å². The van der Waals surface area contributed by atoms with E-state index < -0.39 is 0 Å². The highest BCUT2D eigenvalue weighted by Gasteiger charge is 2.43. The van der Waals surface area contributed by atoms with Gasteiger partial charge in [0.15, 0.2) is 0 Å². The molecule has 0 spiro atoms. The van der Waals surface area contributed by atoms with E-state index in [0.717, 1.165) is 19.3 Å². The second-order valence-corrected chi connectivity index (χ2v) is 3.81. The minimum absolute atomic E-state index is 0. The average Bonchev–Trinajstić information content (AvgIpc) is 2.17. The highest BCUT2D eigenvalue weighted by Crippen LogP contribution is 2.34. The summed E-state index contributed by atoms with van der Waals surface area (Å²) >= 11 is 0. The number of piperidine rings is 1. The molecule has 2 aliphatic rings. The van der Waals surface area contributed by atoms with Crippen LogP contribution in [0, 0.1) is 0 Å². The molecule has 0 radical (unpaired) electrons. The van der Waals surface area contributed by atoms with Gasteiger partial charge in [-0.05, 0) is 26.3 Å². The van der Waals surface area contributed by atoms with E-state index >= 15 is 0 Å². The van der Waals surface area contributed by atoms with Crippen LogP contribution in [0.5, 0.6) is 0 Å². The van der Waals surface area contributed by atoms with Crippen molar-refractivity contribution in [2.75, 3.05) is 7.05 Å². The third-order valence-corrected chi connectivity index (χ3v) is 3.11. The monoisotopic (exact) mass is 193 g/mol. The summed E-state index contributed by atoms with van der Waals surface area (Å²) in [5.74, 6) is 0. The van der Waals surface area contributed by atoms with Crippen LogP contribution in [-0.4, -0.2) is 46.5 Å². The van der Waals surface area contributed by atoms with E-state index in [9.17, 15) is 10.2 Å². The van der Waals surface area contributed by atoms with E-state index in [1.54, 1.807) is 0 Å². The molecule has 0 unspecified atom stereocenters. The lowest BCUT2D eigenvalue weighted by Gasteiger charge is -2.34. The van der Waals surface area contributed by atoms with Gasteiger partial charge in [-0.2, -0.15) is 0 Å². The number of aliphatic hydroxyl groups is 2. The Balaban J connectivity index is 0.000000720. The van der Waals surface area contributed by atoms with Gasteiger partial charge >= 0.3 is 0 Å². The summed E-state index contributed by atoms with van der Waals surface area (Å²) in [6.45, 7) is 0. The van der Waals surface area contributed by atoms with Gasteiger partial charge in [0.2, 0.25) is 0 Å². The van der Waals surface area contributed by atoms with E-state index in [-0.39, 0.29) is 30.7 Å². The van der Waals surface area contributed by atoms with Crippen molar-refractivity contribution in [2.24, 2.45) is 0 Å². The maximum atomic E-state index is 9.53. The summed E-state index contributed by atoms with van der Waals surface area (Å²) < 4.78 is 0. The Hall–Kier alpha value is 0.170. The van der Waals surface area contributed by atoms with Gasteiger partial charge in [-0.25, -0.2) is 0 Å². The zero-order valence-electron chi connectivity index (χ0n) is 7.18. The van der Waals surface area contributed by atoms with Crippen LogP contribution >= 0.6 is 12.4 Å². The van der Waals surface area contributed by atoms with Gasteiger partial charge in [0.05, 0.1) is 12.2 Å². The summed E-state index contributed by atoms with van der Waals surface area (Å²) in [7, 11) is 2.04. The number of nitrogens with zero attached hydrogens (tertiary/aromatic N) is 1. The van der Waals surface area contributed by atoms with Crippen molar-refractivity contribution in [3.8, 4) is 0 Å². The minimum atomic E-state index is -0.206. The van der Waals surface area contributed by atoms with E-state index in [2.05, 4.69) is 4.90 Å². The molecule has 2 rings (SSSR count). The van der Waals surface area contributed by atoms with Crippen molar-refractivity contribution in [3.63, 3.8) is 0 Å². The number of hydrogen-bond acceptors (Lipinski definition) is 3. The molecule has 4 atom stereocenters. The second kappa shape index (κ2) is 3.50. The summed E-state index contributed by atoms with van der Waals surface area (Å²) in [6.07, 6.45) is 2.04. The molecule has 3 nitrogen and oxygen atoms in total. The molecule has 0 aromatic rings. The van der Waals surface area contributed by atoms with Crippen LogP contribution < -0.4 is 0 Å². The predicted octanol–water partition coefficient (Wildman–Crippen LogP) is -0.00350. The minimum Gasteiger partial charge on any atom is -0.393 e. The number of rotatable bonds is 0. The smallest absolute Gasteiger partial charge is 0.0711 e. The van der Waals surface area contributed by atoms with Crippen molar-refractivity contribution in [1.82, 2.24) is 4.90 Å². The fraction of sp³-hybridized carbons (Fsp3) is 1.00. The lowest BCUT2D eigenvalue weighted by atomic mass is 10.0. The predicted molar refractivity (Wildman–Crippen MR) is 48.5 cm³/mol. The molecule has 72 valence electrons. The number of fused-ring (bicyclic) bond motifs is 2. The topological polar surface area (TPSA) is 43.7 Å². The van der Waals surface area contributed by atoms with Crippen LogP contribution in [0.15, 0.2) is 0 Å². The summed E-state index contributed by atoms with van der Waals surface area (Å²) in [5, 5.41) is 18.9. The van der Waals surface area contributed by atoms with Crippen LogP contribution in [-0.2, 0) is 0 Å². The largest absolute Gasteiger partial charge is 0.393 e. The van der Waals surface area contributed by atoms with Crippen molar-refractivity contribution < 1.29 is 10.2 Å². The Morgan fingerprint density at radius 1 is 1.17 bits per heavy atom. The highest BCUT2D eigenvalue weighted by atomic mass is 35.5. The third-order valence-electron chi connectivity index (χ3n) is 3.11. The van der Waals surface area contributed by atoms with Crippen LogP contribution in [0.3, 0.4) is 0 Å². The Kier molecular flexibility index (Phi) is 2.99. The first kappa shape index (κ1) is 10.3. The lowest BCUT2D eigenvalue weighted by Crippen LogP contribution is -2.44. The molecule has 2 saturated heterocycles. The molecule has 0 aliphatic carbocycles. The van der Waals surface area contributed by atoms with Gasteiger partial charge in [0.1, 0.15) is 0 Å². The van der Waals surface area contributed by atoms with E-state index in [0.29, 0.717) is 6.04 Å². The van der Waals surface area contributed by atoms with Gasteiger partial charge in [-0.3, -0.25) is 4.90 Å². The number of likely N-dealkylation sites (N-methyl/N-ethyl adjacent to an activating group) is 1. The fourth-order valence-electron chi connectivity index (χ4n) is 2.42. The lowest BCUT2D eigenvalue weighted by molar-refractivity contribution is 0.0282. The van der Waals surface area contributed by atoms with Gasteiger partial charge in [-0.1, -0.05) is 0 Å². The Bertz CT molecular complexity index is 165. The van der Waals surface area contributed by atoms with Gasteiger partial charge in [0, 0.05) is 12.1 Å². The Morgan fingerprint density at radius 2 is 1.83 bits per heavy atom. The van der Waals surface area contributed by atoms with Crippen LogP contribution in [0.1, 0.15) is 19.3 Å². The fourth-order valence-corrected chi connectivity index (χ4v) is 2.42. The maximum absolute atomic E-state index is 9.53. The molecule has 2 bridgehead atoms. The van der Waals surface area contributed by atoms with Crippen LogP contribution in [0.25, 0.3) is 0 Å². The SMILES string of the molecule is CN1[C@H]2C[C@H](O)C[C@@H]1[C@@H](O)C2.Cl. The molecule has 0 aromatic heterocycles. The Morgan fingerprint density at radius 3 is 2.42 bits per heavy atom. The first-order valence-electron chi connectivity index (χ1n) is 4.26. The molecule has 0 amide bonds. The quantitative estimate of drug-likeness (QED) is 0.569. The molecule has 2 fully saturated rings. The molecule has 2 N–H and O–H groups in total. The Labute approximate surface area is 78.8 Å². The number of aliphatic hydroxyl groups excluding tert-OH is 2. The number of hydrogen-bond donors (Lipinski definition) is 2. The van der Waals surface area contributed by atoms with Crippen molar-refractivity contribution in [1.29, 1.82) is 0 Å². The summed E-state index contributed by atoms with van der Waals surface area (Å²) in [4.78, 5) is 2.21. The molecule has 0 saturated carbocycles. The molecule has 0 aromatic carbocycles. The molecular weight excluding hydrogens is 178 g/mol. The maximum Gasteiger partial charge on any atom is 0.0711 e. The highest BCUT2D eigenvalue weighted by molar-refractivity contribution is 5.85. The van der Waals surface area contributed by atoms with Gasteiger partial charge in [-0.15, -0.1) is 12.4 Å². The zero-order valence-corrected chi connectivity index (χ0v) is 8.00. The second-order valence-electron chi connectivity index (χ2n) is 3.81. The molecule has 2 heterocycles. The standard InChI is InChI=1S/C8H15NO2.ClH/c1-9-5-2-6(10)4-7(9)8(11)3-5;/h5-8,10-11H,2-4H2,1H3;1H/t5-,6-,7+,8-;/m0./s1. The van der Waals surface area contributed by atoms with Crippen LogP contribution in [0.4, 0.5) is 0 Å². The van der Waals surface area contributed by atoms with E-state index in [4.69, 9.17) is 0 Å². The molecule has 4 heteroatoms. The molecule has 2 aliphatic heterocycles. The first-order chi connectivity index (χ1) is 5.18. The summed E-state index contributed by atoms with van der Waals surface area (Å²) in [5.41, 5.74) is 0. The average molecular weight is 194 g/mol. The normalized spacial score (nSPS) is 47.2. The number of halogens is 1. The van der Waals surface area contributed by atoms with Gasteiger partial charge < -0.3 is 10.2 Å². The van der Waals surface area contributed by atoms with E-state index in [1.165, 1.54) is 0 Å². The van der Waals surface area contributed by atoms with Crippen LogP contribution in [0.2, 0.25) is 0 Å². The van der Waals surface area contributed by atoms with Gasteiger partial charge in [0.25, 0.3) is 0 Å². The summed E-state index contributed by atoms with van der Waals surface area (Å²) in [6, 6.07) is 0.627. The first-order valence-corrected chi connectivity index (χ1v) is 4.26.